The fourth-order valence-corrected chi connectivity index (χ4v) is 1.81. The minimum atomic E-state index is -0.877. The lowest BCUT2D eigenvalue weighted by molar-refractivity contribution is -0.137. The van der Waals surface area contributed by atoms with Crippen LogP contribution in [0.25, 0.3) is 17.2 Å². The van der Waals surface area contributed by atoms with E-state index in [1.165, 1.54) is 12.2 Å². The summed E-state index contributed by atoms with van der Waals surface area (Å²) < 4.78 is 5.45. The molecule has 2 aromatic rings. The van der Waals surface area contributed by atoms with Gasteiger partial charge >= 0.3 is 5.97 Å². The third kappa shape index (κ3) is 4.45. The van der Waals surface area contributed by atoms with Gasteiger partial charge in [-0.25, -0.2) is 4.98 Å². The van der Waals surface area contributed by atoms with Crippen LogP contribution in [-0.4, -0.2) is 28.0 Å². The average molecular weight is 288 g/mol. The van der Waals surface area contributed by atoms with Crippen LogP contribution in [0.1, 0.15) is 25.7 Å². The van der Waals surface area contributed by atoms with Gasteiger partial charge in [0, 0.05) is 24.6 Å². The molecule has 1 unspecified atom stereocenters. The van der Waals surface area contributed by atoms with E-state index in [0.717, 1.165) is 5.52 Å². The Kier molecular flexibility index (Phi) is 4.71. The minimum absolute atomic E-state index is 0.0241. The predicted octanol–water partition coefficient (Wildman–Crippen LogP) is 2.21. The van der Waals surface area contributed by atoms with Gasteiger partial charge in [0.1, 0.15) is 5.52 Å². The molecule has 6 nitrogen and oxygen atoms in total. The molecule has 0 fully saturated rings. The van der Waals surface area contributed by atoms with Gasteiger partial charge in [0.25, 0.3) is 0 Å². The van der Waals surface area contributed by atoms with Crippen molar-refractivity contribution in [3.8, 4) is 0 Å². The lowest BCUT2D eigenvalue weighted by atomic mass is 10.2. The van der Waals surface area contributed by atoms with Crippen LogP contribution in [0.2, 0.25) is 0 Å². The Hall–Kier alpha value is -2.63. The molecule has 2 rings (SSSR count). The van der Waals surface area contributed by atoms with Crippen LogP contribution in [0.3, 0.4) is 0 Å². The van der Waals surface area contributed by atoms with E-state index < -0.39 is 5.97 Å². The van der Waals surface area contributed by atoms with Crippen molar-refractivity contribution >= 4 is 29.1 Å². The fraction of sp³-hybridized carbons (Fsp3) is 0.267. The normalized spacial score (nSPS) is 12.6. The lowest BCUT2D eigenvalue weighted by Gasteiger charge is -2.10. The van der Waals surface area contributed by atoms with Crippen molar-refractivity contribution in [3.05, 3.63) is 36.2 Å². The number of carboxylic acids is 1. The number of aromatic nitrogens is 1. The number of para-hydroxylation sites is 2. The molecule has 1 aromatic heterocycles. The number of carboxylic acid groups (broad SMARTS) is 1. The number of carbonyl (C=O) groups excluding carboxylic acids is 1. The molecule has 1 aromatic carbocycles. The van der Waals surface area contributed by atoms with Crippen molar-refractivity contribution in [1.82, 2.24) is 10.3 Å². The molecule has 0 saturated heterocycles. The number of nitrogens with one attached hydrogen (secondary N) is 1. The SMILES string of the molecule is CC(CCC(=O)O)NC(=O)C=Cc1nc2ccccc2o1. The monoisotopic (exact) mass is 288 g/mol. The number of rotatable bonds is 6. The first-order chi connectivity index (χ1) is 10.0. The first-order valence-corrected chi connectivity index (χ1v) is 6.60. The molecule has 0 aliphatic carbocycles. The van der Waals surface area contributed by atoms with Crippen LogP contribution in [0, 0.1) is 0 Å². The molecule has 0 spiro atoms. The van der Waals surface area contributed by atoms with Gasteiger partial charge in [-0.3, -0.25) is 9.59 Å². The maximum absolute atomic E-state index is 11.7. The van der Waals surface area contributed by atoms with Crippen molar-refractivity contribution in [3.63, 3.8) is 0 Å². The van der Waals surface area contributed by atoms with Crippen LogP contribution in [-0.2, 0) is 9.59 Å². The summed E-state index contributed by atoms with van der Waals surface area (Å²) in [7, 11) is 0. The summed E-state index contributed by atoms with van der Waals surface area (Å²) in [5.41, 5.74) is 1.39. The molecule has 2 N–H and O–H groups in total. The Bertz CT molecular complexity index is 642. The van der Waals surface area contributed by atoms with Gasteiger partial charge in [0.2, 0.25) is 11.8 Å². The second-order valence-electron chi connectivity index (χ2n) is 4.70. The van der Waals surface area contributed by atoms with E-state index in [0.29, 0.717) is 17.9 Å². The highest BCUT2D eigenvalue weighted by Crippen LogP contribution is 2.15. The van der Waals surface area contributed by atoms with Crippen LogP contribution in [0.5, 0.6) is 0 Å². The molecule has 6 heteroatoms. The standard InChI is InChI=1S/C15H16N2O4/c1-10(6-9-15(19)20)16-13(18)7-8-14-17-11-4-2-3-5-12(11)21-14/h2-5,7-8,10H,6,9H2,1H3,(H,16,18)(H,19,20). The largest absolute Gasteiger partial charge is 0.481 e. The number of oxazole rings is 1. The smallest absolute Gasteiger partial charge is 0.303 e. The van der Waals surface area contributed by atoms with Crippen LogP contribution < -0.4 is 5.32 Å². The van der Waals surface area contributed by atoms with E-state index in [9.17, 15) is 9.59 Å². The zero-order valence-corrected chi connectivity index (χ0v) is 11.6. The molecule has 21 heavy (non-hydrogen) atoms. The van der Waals surface area contributed by atoms with Gasteiger partial charge in [-0.2, -0.15) is 0 Å². The van der Waals surface area contributed by atoms with Gasteiger partial charge in [-0.05, 0) is 25.5 Å². The number of benzene rings is 1. The van der Waals surface area contributed by atoms with Crippen molar-refractivity contribution in [2.75, 3.05) is 0 Å². The number of carbonyl (C=O) groups is 2. The van der Waals surface area contributed by atoms with E-state index in [4.69, 9.17) is 9.52 Å². The molecule has 0 saturated carbocycles. The average Bonchev–Trinajstić information content (AvgIpc) is 2.86. The topological polar surface area (TPSA) is 92.4 Å². The number of hydrogen-bond acceptors (Lipinski definition) is 4. The zero-order valence-electron chi connectivity index (χ0n) is 11.6. The zero-order chi connectivity index (χ0) is 15.2. The summed E-state index contributed by atoms with van der Waals surface area (Å²) in [6.07, 6.45) is 3.22. The van der Waals surface area contributed by atoms with Crippen molar-refractivity contribution < 1.29 is 19.1 Å². The summed E-state index contributed by atoms with van der Waals surface area (Å²) in [6, 6.07) is 7.12. The first kappa shape index (κ1) is 14.8. The maximum atomic E-state index is 11.7. The molecular formula is C15H16N2O4. The fourth-order valence-electron chi connectivity index (χ4n) is 1.81. The van der Waals surface area contributed by atoms with Gasteiger partial charge in [0.05, 0.1) is 0 Å². The Labute approximate surface area is 121 Å². The Morgan fingerprint density at radius 1 is 1.43 bits per heavy atom. The van der Waals surface area contributed by atoms with Crippen molar-refractivity contribution in [1.29, 1.82) is 0 Å². The highest BCUT2D eigenvalue weighted by Gasteiger charge is 2.07. The van der Waals surface area contributed by atoms with Crippen molar-refractivity contribution in [2.24, 2.45) is 0 Å². The molecule has 1 atom stereocenters. The molecule has 1 amide bonds. The number of aliphatic carboxylic acids is 1. The summed E-state index contributed by atoms with van der Waals surface area (Å²) >= 11 is 0. The van der Waals surface area contributed by atoms with Gasteiger partial charge in [-0.1, -0.05) is 12.1 Å². The minimum Gasteiger partial charge on any atom is -0.481 e. The first-order valence-electron chi connectivity index (χ1n) is 6.60. The van der Waals surface area contributed by atoms with Crippen LogP contribution in [0.4, 0.5) is 0 Å². The van der Waals surface area contributed by atoms with E-state index in [2.05, 4.69) is 10.3 Å². The molecule has 0 radical (unpaired) electrons. The summed E-state index contributed by atoms with van der Waals surface area (Å²) in [6.45, 7) is 1.76. The Morgan fingerprint density at radius 2 is 2.19 bits per heavy atom. The van der Waals surface area contributed by atoms with Gasteiger partial charge in [-0.15, -0.1) is 0 Å². The summed E-state index contributed by atoms with van der Waals surface area (Å²) in [4.78, 5) is 26.3. The number of nitrogens with zero attached hydrogens (tertiary/aromatic N) is 1. The maximum Gasteiger partial charge on any atom is 0.303 e. The highest BCUT2D eigenvalue weighted by molar-refractivity contribution is 5.91. The molecule has 0 aliphatic rings. The third-order valence-corrected chi connectivity index (χ3v) is 2.87. The Morgan fingerprint density at radius 3 is 2.90 bits per heavy atom. The molecule has 0 bridgehead atoms. The second-order valence-corrected chi connectivity index (χ2v) is 4.70. The molecule has 1 heterocycles. The molecule has 0 aliphatic heterocycles. The quantitative estimate of drug-likeness (QED) is 0.795. The van der Waals surface area contributed by atoms with E-state index in [1.807, 2.05) is 18.2 Å². The number of amides is 1. The highest BCUT2D eigenvalue weighted by atomic mass is 16.4. The van der Waals surface area contributed by atoms with Gasteiger partial charge < -0.3 is 14.8 Å². The Balaban J connectivity index is 1.91. The predicted molar refractivity (Wildman–Crippen MR) is 77.5 cm³/mol. The van der Waals surface area contributed by atoms with E-state index in [1.54, 1.807) is 13.0 Å². The summed E-state index contributed by atoms with van der Waals surface area (Å²) in [5, 5.41) is 11.3. The molecule has 110 valence electrons. The second kappa shape index (κ2) is 6.69. The molecular weight excluding hydrogens is 272 g/mol. The number of hydrogen-bond donors (Lipinski definition) is 2. The van der Waals surface area contributed by atoms with Crippen LogP contribution in [0.15, 0.2) is 34.8 Å². The summed E-state index contributed by atoms with van der Waals surface area (Å²) in [5.74, 6) is -0.835. The third-order valence-electron chi connectivity index (χ3n) is 2.87. The van der Waals surface area contributed by atoms with Gasteiger partial charge in [0.15, 0.2) is 5.58 Å². The van der Waals surface area contributed by atoms with E-state index in [-0.39, 0.29) is 18.4 Å². The van der Waals surface area contributed by atoms with Crippen LogP contribution >= 0.6 is 0 Å². The van der Waals surface area contributed by atoms with E-state index >= 15 is 0 Å². The van der Waals surface area contributed by atoms with Crippen molar-refractivity contribution in [2.45, 2.75) is 25.8 Å². The number of fused-ring (bicyclic) bond motifs is 1. The lowest BCUT2D eigenvalue weighted by Crippen LogP contribution is -2.31.